The van der Waals surface area contributed by atoms with Gasteiger partial charge >= 0.3 is 0 Å². The molecule has 0 fully saturated rings. The largest absolute Gasteiger partial charge is 0.548 e. The Bertz CT molecular complexity index is 1780. The maximum absolute atomic E-state index is 14.5. The number of aliphatic carboxylic acids is 1. The number of phenolic OH excluding ortho intramolecular Hbond substituents is 1. The van der Waals surface area contributed by atoms with Gasteiger partial charge in [-0.1, -0.05) is 84.9 Å². The highest BCUT2D eigenvalue weighted by Crippen LogP contribution is 2.27. The highest BCUT2D eigenvalue weighted by molar-refractivity contribution is 5.94. The second kappa shape index (κ2) is 15.7. The van der Waals surface area contributed by atoms with Crippen LogP contribution in [0.5, 0.6) is 11.5 Å². The van der Waals surface area contributed by atoms with Crippen molar-refractivity contribution in [3.8, 4) is 11.5 Å². The number of carboxylic acids is 1. The Morgan fingerprint density at radius 2 is 1.46 bits per heavy atom. The summed E-state index contributed by atoms with van der Waals surface area (Å²) >= 11 is 0. The number of carbonyl (C=O) groups is 4. The summed E-state index contributed by atoms with van der Waals surface area (Å²) in [6.45, 7) is 0. The number of nitrogens with zero attached hydrogens (tertiary/aromatic N) is 1. The summed E-state index contributed by atoms with van der Waals surface area (Å²) in [5.41, 5.74) is 2.76. The van der Waals surface area contributed by atoms with E-state index in [1.807, 2.05) is 33.3 Å². The molecule has 50 heavy (non-hydrogen) atoms. The van der Waals surface area contributed by atoms with Gasteiger partial charge in [0.1, 0.15) is 23.6 Å². The summed E-state index contributed by atoms with van der Waals surface area (Å²) in [5.74, 6) is -2.84. The lowest BCUT2D eigenvalue weighted by Crippen LogP contribution is -2.62. The molecule has 2 bridgehead atoms. The first-order chi connectivity index (χ1) is 23.9. The topological polar surface area (TPSA) is 157 Å². The van der Waals surface area contributed by atoms with Gasteiger partial charge in [-0.2, -0.15) is 0 Å². The lowest BCUT2D eigenvalue weighted by atomic mass is 9.97. The van der Waals surface area contributed by atoms with Gasteiger partial charge in [-0.3, -0.25) is 14.4 Å². The van der Waals surface area contributed by atoms with Crippen LogP contribution in [0.2, 0.25) is 0 Å². The van der Waals surface area contributed by atoms with Crippen LogP contribution in [0.3, 0.4) is 0 Å². The third-order valence-electron chi connectivity index (χ3n) is 8.76. The van der Waals surface area contributed by atoms with Gasteiger partial charge in [0.15, 0.2) is 12.1 Å². The van der Waals surface area contributed by atoms with E-state index < -0.39 is 54.0 Å². The van der Waals surface area contributed by atoms with Crippen LogP contribution in [0.15, 0.2) is 109 Å². The number of rotatable bonds is 9. The smallest absolute Gasteiger partial charge is 0.279 e. The fourth-order valence-electron chi connectivity index (χ4n) is 5.95. The first-order valence-corrected chi connectivity index (χ1v) is 16.4. The van der Waals surface area contributed by atoms with Crippen molar-refractivity contribution < 1.29 is 38.6 Å². The molecule has 2 aliphatic heterocycles. The van der Waals surface area contributed by atoms with Gasteiger partial charge in [0, 0.05) is 12.8 Å². The molecule has 0 saturated heterocycles. The number of amides is 3. The average molecular weight is 679 g/mol. The fourth-order valence-corrected chi connectivity index (χ4v) is 5.95. The van der Waals surface area contributed by atoms with Gasteiger partial charge < -0.3 is 40.2 Å². The minimum Gasteiger partial charge on any atom is -0.548 e. The zero-order valence-electron chi connectivity index (χ0n) is 28.2. The predicted octanol–water partition coefficient (Wildman–Crippen LogP) is 1.83. The molecule has 5 atom stereocenters. The van der Waals surface area contributed by atoms with Crippen molar-refractivity contribution in [3.05, 3.63) is 131 Å². The maximum Gasteiger partial charge on any atom is 0.279 e. The van der Waals surface area contributed by atoms with Gasteiger partial charge in [-0.25, -0.2) is 0 Å². The lowest BCUT2D eigenvalue weighted by molar-refractivity contribution is -0.886. The number of benzene rings is 4. The molecule has 0 aliphatic carbocycles. The van der Waals surface area contributed by atoms with Gasteiger partial charge in [-0.05, 0) is 52.9 Å². The molecular weight excluding hydrogens is 636 g/mol. The molecule has 260 valence electrons. The minimum absolute atomic E-state index is 0.0470. The Labute approximate surface area is 291 Å². The Morgan fingerprint density at radius 3 is 2.06 bits per heavy atom. The van der Waals surface area contributed by atoms with E-state index in [-0.39, 0.29) is 23.1 Å². The molecule has 11 nitrogen and oxygen atoms in total. The number of aromatic hydroxyl groups is 1. The zero-order valence-corrected chi connectivity index (χ0v) is 28.2. The van der Waals surface area contributed by atoms with Crippen LogP contribution in [-0.2, 0) is 38.4 Å². The van der Waals surface area contributed by atoms with Crippen molar-refractivity contribution in [3.63, 3.8) is 0 Å². The van der Waals surface area contributed by atoms with Crippen molar-refractivity contribution in [2.75, 3.05) is 21.1 Å². The maximum atomic E-state index is 14.5. The predicted molar refractivity (Wildman–Crippen MR) is 185 cm³/mol. The van der Waals surface area contributed by atoms with E-state index in [1.165, 1.54) is 0 Å². The van der Waals surface area contributed by atoms with Crippen molar-refractivity contribution in [2.45, 2.75) is 49.5 Å². The number of hydrogen-bond acceptors (Lipinski definition) is 7. The monoisotopic (exact) mass is 678 g/mol. The molecule has 1 unspecified atom stereocenters. The van der Waals surface area contributed by atoms with E-state index in [4.69, 9.17) is 4.74 Å². The third kappa shape index (κ3) is 9.26. The first-order valence-electron chi connectivity index (χ1n) is 16.4. The van der Waals surface area contributed by atoms with Gasteiger partial charge in [0.2, 0.25) is 11.8 Å². The number of hydrogen-bond donors (Lipinski definition) is 4. The summed E-state index contributed by atoms with van der Waals surface area (Å²) in [4.78, 5) is 54.8. The van der Waals surface area contributed by atoms with Crippen LogP contribution >= 0.6 is 0 Å². The lowest BCUT2D eigenvalue weighted by Gasteiger charge is -2.36. The molecule has 11 heteroatoms. The van der Waals surface area contributed by atoms with Crippen LogP contribution in [0.1, 0.15) is 28.4 Å². The molecule has 4 aromatic carbocycles. The third-order valence-corrected chi connectivity index (χ3v) is 8.76. The van der Waals surface area contributed by atoms with Crippen LogP contribution in [0, 0.1) is 0 Å². The summed E-state index contributed by atoms with van der Waals surface area (Å²) in [6.07, 6.45) is -0.737. The molecule has 4 aromatic rings. The molecule has 0 saturated carbocycles. The van der Waals surface area contributed by atoms with Crippen molar-refractivity contribution in [1.82, 2.24) is 16.0 Å². The fraction of sp³-hybridized carbons (Fsp3) is 0.282. The van der Waals surface area contributed by atoms with E-state index in [2.05, 4.69) is 16.0 Å². The SMILES string of the molecule is C[N+](C)(C)C(Cc1ccc(O)cc1)C(=O)N[C@@H]1C(=O)N[C@@H](Cc2ccccc2)C(=O)N[C@H](C(=O)[O-])Cc2ccc(cc2)O[C@@H]1c1ccccc1. The number of nitrogens with one attached hydrogen (secondary N) is 3. The number of carbonyl (C=O) groups excluding carboxylic acids is 4. The highest BCUT2D eigenvalue weighted by Gasteiger charge is 2.40. The Morgan fingerprint density at radius 1 is 0.840 bits per heavy atom. The van der Waals surface area contributed by atoms with Crippen LogP contribution in [0.25, 0.3) is 0 Å². The quantitative estimate of drug-likeness (QED) is 0.197. The van der Waals surface area contributed by atoms with E-state index in [1.54, 1.807) is 97.1 Å². The van der Waals surface area contributed by atoms with Crippen molar-refractivity contribution in [1.29, 1.82) is 0 Å². The Kier molecular flexibility index (Phi) is 11.2. The van der Waals surface area contributed by atoms with Crippen LogP contribution < -0.4 is 25.8 Å². The van der Waals surface area contributed by atoms with Crippen LogP contribution in [-0.4, -0.2) is 78.6 Å². The zero-order chi connectivity index (χ0) is 35.8. The highest BCUT2D eigenvalue weighted by atomic mass is 16.5. The first kappa shape index (κ1) is 35.6. The standard InChI is InChI=1S/C39H42N4O7/c1-43(2,3)33(24-27-14-18-29(44)19-15-27)37(46)42-34-35(28-12-8-5-9-13-28)50-30-20-16-26(17-21-30)23-32(39(48)49)41-36(45)31(40-38(34)47)22-25-10-6-4-7-11-25/h4-21,31-35H,22-24H2,1-3H3,(H4-,40,41,42,44,45,46,47,48,49)/t31-,32-,33?,34-,35+/m0/s1. The molecule has 2 heterocycles. The minimum atomic E-state index is -1.47. The van der Waals surface area contributed by atoms with Gasteiger partial charge in [0.05, 0.1) is 33.2 Å². The summed E-state index contributed by atoms with van der Waals surface area (Å²) in [7, 11) is 5.62. The number of ether oxygens (including phenoxy) is 1. The Balaban J connectivity index is 1.58. The number of quaternary nitrogens is 1. The second-order valence-electron chi connectivity index (χ2n) is 13.4. The number of phenols is 1. The van der Waals surface area contributed by atoms with Gasteiger partial charge in [0.25, 0.3) is 5.91 Å². The van der Waals surface area contributed by atoms with Crippen LogP contribution in [0.4, 0.5) is 0 Å². The average Bonchev–Trinajstić information content (AvgIpc) is 3.09. The summed E-state index contributed by atoms with van der Waals surface area (Å²) in [5, 5.41) is 30.3. The summed E-state index contributed by atoms with van der Waals surface area (Å²) < 4.78 is 6.71. The van der Waals surface area contributed by atoms with E-state index in [0.29, 0.717) is 23.3 Å². The van der Waals surface area contributed by atoms with E-state index in [0.717, 1.165) is 11.1 Å². The molecule has 0 aromatic heterocycles. The summed E-state index contributed by atoms with van der Waals surface area (Å²) in [6, 6.07) is 26.7. The van der Waals surface area contributed by atoms with E-state index in [9.17, 15) is 29.4 Å². The molecule has 0 radical (unpaired) electrons. The molecule has 2 aliphatic rings. The second-order valence-corrected chi connectivity index (χ2v) is 13.4. The van der Waals surface area contributed by atoms with Crippen molar-refractivity contribution >= 4 is 23.7 Å². The van der Waals surface area contributed by atoms with Crippen molar-refractivity contribution in [2.24, 2.45) is 0 Å². The number of fused-ring (bicyclic) bond motifs is 11. The number of carboxylic acid groups (broad SMARTS) is 1. The Hall–Kier alpha value is -5.68. The van der Waals surface area contributed by atoms with E-state index >= 15 is 0 Å². The molecule has 0 spiro atoms. The normalized spacial score (nSPS) is 20.4. The number of likely N-dealkylation sites (N-methyl/N-ethyl adjacent to an activating group) is 1. The van der Waals surface area contributed by atoms with Gasteiger partial charge in [-0.15, -0.1) is 0 Å². The molecule has 4 N–H and O–H groups in total. The molecule has 3 amide bonds. The molecule has 6 rings (SSSR count). The molecular formula is C39H42N4O7.